The van der Waals surface area contributed by atoms with E-state index >= 15 is 0 Å². The van der Waals surface area contributed by atoms with E-state index < -0.39 is 0 Å². The van der Waals surface area contributed by atoms with Crippen LogP contribution < -0.4 is 0 Å². The van der Waals surface area contributed by atoms with Gasteiger partial charge in [0.05, 0.1) is 0 Å². The molecule has 0 fully saturated rings. The molecule has 0 saturated carbocycles. The summed E-state index contributed by atoms with van der Waals surface area (Å²) in [6.07, 6.45) is 1.66. The van der Waals surface area contributed by atoms with Crippen molar-refractivity contribution in [3.63, 3.8) is 0 Å². The fourth-order valence-electron chi connectivity index (χ4n) is 2.06. The van der Waals surface area contributed by atoms with Gasteiger partial charge in [-0.15, -0.1) is 0 Å². The van der Waals surface area contributed by atoms with Gasteiger partial charge in [-0.3, -0.25) is 0 Å². The number of benzene rings is 1. The zero-order chi connectivity index (χ0) is 12.1. The Morgan fingerprint density at radius 3 is 2.19 bits per heavy atom. The maximum atomic E-state index is 11.1. The van der Waals surface area contributed by atoms with Gasteiger partial charge in [0, 0.05) is 6.42 Å². The molecule has 0 amide bonds. The Bertz CT molecular complexity index is 335. The fourth-order valence-corrected chi connectivity index (χ4v) is 2.06. The summed E-state index contributed by atoms with van der Waals surface area (Å²) in [7, 11) is 0. The molecule has 1 heteroatoms. The van der Waals surface area contributed by atoms with Gasteiger partial charge in [0.25, 0.3) is 0 Å². The summed E-state index contributed by atoms with van der Waals surface area (Å²) < 4.78 is 0. The van der Waals surface area contributed by atoms with Crippen LogP contribution in [0.5, 0.6) is 0 Å². The summed E-state index contributed by atoms with van der Waals surface area (Å²) in [5, 5.41) is 0. The highest BCUT2D eigenvalue weighted by Crippen LogP contribution is 2.29. The molecule has 0 aliphatic heterocycles. The summed E-state index contributed by atoms with van der Waals surface area (Å²) in [5.41, 5.74) is 2.65. The van der Waals surface area contributed by atoms with Crippen LogP contribution in [0.1, 0.15) is 50.7 Å². The Balaban J connectivity index is 2.77. The maximum Gasteiger partial charge on any atom is 0.129 e. The first-order valence-corrected chi connectivity index (χ1v) is 6.06. The highest BCUT2D eigenvalue weighted by atomic mass is 16.1. The van der Waals surface area contributed by atoms with Crippen molar-refractivity contribution in [2.24, 2.45) is 5.92 Å². The topological polar surface area (TPSA) is 17.1 Å². The second-order valence-corrected chi connectivity index (χ2v) is 5.00. The first kappa shape index (κ1) is 13.0. The highest BCUT2D eigenvalue weighted by molar-refractivity contribution is 5.75. The predicted molar refractivity (Wildman–Crippen MR) is 68.7 cm³/mol. The van der Waals surface area contributed by atoms with Gasteiger partial charge in [-0.1, -0.05) is 43.7 Å². The Hall–Kier alpha value is -1.11. The monoisotopic (exact) mass is 218 g/mol. The Morgan fingerprint density at radius 2 is 1.75 bits per heavy atom. The minimum atomic E-state index is 0.290. The molecule has 0 unspecified atom stereocenters. The molecule has 1 rings (SSSR count). The van der Waals surface area contributed by atoms with Crippen LogP contribution in [0.2, 0.25) is 0 Å². The molecule has 0 spiro atoms. The lowest BCUT2D eigenvalue weighted by atomic mass is 9.84. The van der Waals surface area contributed by atoms with Crippen molar-refractivity contribution in [2.45, 2.75) is 46.5 Å². The average Bonchev–Trinajstić information content (AvgIpc) is 2.20. The molecule has 0 N–H and O–H groups in total. The van der Waals surface area contributed by atoms with Crippen LogP contribution in [-0.2, 0) is 4.79 Å². The Kier molecular flexibility index (Phi) is 4.72. The number of hydrogen-bond donors (Lipinski definition) is 0. The van der Waals surface area contributed by atoms with Crippen molar-refractivity contribution < 1.29 is 4.79 Å². The molecule has 0 aromatic heterocycles. The van der Waals surface area contributed by atoms with E-state index in [1.54, 1.807) is 6.92 Å². The van der Waals surface area contributed by atoms with Gasteiger partial charge >= 0.3 is 0 Å². The minimum absolute atomic E-state index is 0.290. The number of ketones is 1. The maximum absolute atomic E-state index is 11.1. The summed E-state index contributed by atoms with van der Waals surface area (Å²) in [4.78, 5) is 11.1. The molecule has 0 bridgehead atoms. The molecule has 1 aromatic rings. The van der Waals surface area contributed by atoms with Crippen LogP contribution in [0.4, 0.5) is 0 Å². The fraction of sp³-hybridized carbons (Fsp3) is 0.533. The molecular formula is C15H22O. The molecular weight excluding hydrogens is 196 g/mol. The lowest BCUT2D eigenvalue weighted by molar-refractivity contribution is -0.117. The molecule has 0 aliphatic carbocycles. The SMILES string of the molecule is CC(=O)CC[C@H](c1ccc(C)cc1)C(C)C. The van der Waals surface area contributed by atoms with Gasteiger partial charge in [0.2, 0.25) is 0 Å². The van der Waals surface area contributed by atoms with Crippen molar-refractivity contribution in [1.29, 1.82) is 0 Å². The Labute approximate surface area is 98.9 Å². The van der Waals surface area contributed by atoms with Crippen LogP contribution in [0.15, 0.2) is 24.3 Å². The first-order valence-electron chi connectivity index (χ1n) is 6.06. The number of aryl methyl sites for hydroxylation is 1. The molecule has 0 radical (unpaired) electrons. The number of hydrogen-bond acceptors (Lipinski definition) is 1. The number of Topliss-reactive ketones (excluding diaryl/α,β-unsaturated/α-hetero) is 1. The quantitative estimate of drug-likeness (QED) is 0.727. The number of carbonyl (C=O) groups is 1. The van der Waals surface area contributed by atoms with E-state index in [1.165, 1.54) is 11.1 Å². The summed E-state index contributed by atoms with van der Waals surface area (Å²) in [6, 6.07) is 8.69. The van der Waals surface area contributed by atoms with Gasteiger partial charge in [0.15, 0.2) is 0 Å². The standard InChI is InChI=1S/C15H22O/c1-11(2)15(10-7-13(4)16)14-8-5-12(3)6-9-14/h5-6,8-9,11,15H,7,10H2,1-4H3/t15-/m0/s1. The normalized spacial score (nSPS) is 12.8. The predicted octanol–water partition coefficient (Wildman–Crippen LogP) is 4.10. The zero-order valence-electron chi connectivity index (χ0n) is 10.8. The number of carbonyl (C=O) groups excluding carboxylic acids is 1. The molecule has 0 heterocycles. The van der Waals surface area contributed by atoms with Crippen LogP contribution in [0, 0.1) is 12.8 Å². The van der Waals surface area contributed by atoms with E-state index in [-0.39, 0.29) is 5.78 Å². The average molecular weight is 218 g/mol. The first-order chi connectivity index (χ1) is 7.50. The molecule has 1 atom stereocenters. The molecule has 0 saturated heterocycles. The van der Waals surface area contributed by atoms with Gasteiger partial charge in [-0.05, 0) is 37.7 Å². The summed E-state index contributed by atoms with van der Waals surface area (Å²) in [6.45, 7) is 8.23. The van der Waals surface area contributed by atoms with Crippen LogP contribution in [0.3, 0.4) is 0 Å². The highest BCUT2D eigenvalue weighted by Gasteiger charge is 2.15. The number of rotatable bonds is 5. The van der Waals surface area contributed by atoms with Crippen LogP contribution in [-0.4, -0.2) is 5.78 Å². The van der Waals surface area contributed by atoms with Crippen LogP contribution >= 0.6 is 0 Å². The van der Waals surface area contributed by atoms with Gasteiger partial charge in [0.1, 0.15) is 5.78 Å². The third-order valence-corrected chi connectivity index (χ3v) is 3.12. The molecule has 88 valence electrons. The van der Waals surface area contributed by atoms with E-state index in [1.807, 2.05) is 0 Å². The second kappa shape index (κ2) is 5.83. The zero-order valence-corrected chi connectivity index (χ0v) is 10.8. The van der Waals surface area contributed by atoms with Crippen molar-refractivity contribution >= 4 is 5.78 Å². The lowest BCUT2D eigenvalue weighted by Gasteiger charge is -2.21. The van der Waals surface area contributed by atoms with Crippen LogP contribution in [0.25, 0.3) is 0 Å². The smallest absolute Gasteiger partial charge is 0.129 e. The van der Waals surface area contributed by atoms with Crippen molar-refractivity contribution in [3.8, 4) is 0 Å². The van der Waals surface area contributed by atoms with Gasteiger partial charge in [-0.2, -0.15) is 0 Å². The summed E-state index contributed by atoms with van der Waals surface area (Å²) in [5.74, 6) is 1.38. The Morgan fingerprint density at radius 1 is 1.19 bits per heavy atom. The second-order valence-electron chi connectivity index (χ2n) is 5.00. The van der Waals surface area contributed by atoms with E-state index in [4.69, 9.17) is 0 Å². The lowest BCUT2D eigenvalue weighted by Crippen LogP contribution is -2.08. The third kappa shape index (κ3) is 3.80. The molecule has 0 aliphatic rings. The summed E-state index contributed by atoms with van der Waals surface area (Å²) >= 11 is 0. The largest absolute Gasteiger partial charge is 0.300 e. The van der Waals surface area contributed by atoms with E-state index in [0.717, 1.165) is 6.42 Å². The van der Waals surface area contributed by atoms with E-state index in [9.17, 15) is 4.79 Å². The molecule has 1 aromatic carbocycles. The molecule has 1 nitrogen and oxygen atoms in total. The van der Waals surface area contributed by atoms with Gasteiger partial charge < -0.3 is 4.79 Å². The third-order valence-electron chi connectivity index (χ3n) is 3.12. The van der Waals surface area contributed by atoms with Crippen molar-refractivity contribution in [2.75, 3.05) is 0 Å². The van der Waals surface area contributed by atoms with E-state index in [2.05, 4.69) is 45.0 Å². The van der Waals surface area contributed by atoms with Crippen molar-refractivity contribution in [1.82, 2.24) is 0 Å². The molecule has 16 heavy (non-hydrogen) atoms. The van der Waals surface area contributed by atoms with E-state index in [0.29, 0.717) is 18.3 Å². The van der Waals surface area contributed by atoms with Crippen molar-refractivity contribution in [3.05, 3.63) is 35.4 Å². The van der Waals surface area contributed by atoms with Gasteiger partial charge in [-0.25, -0.2) is 0 Å². The minimum Gasteiger partial charge on any atom is -0.300 e.